The van der Waals surface area contributed by atoms with Crippen molar-refractivity contribution in [3.8, 4) is 0 Å². The van der Waals surface area contributed by atoms with Gasteiger partial charge in [-0.3, -0.25) is 14.4 Å². The molecule has 0 unspecified atom stereocenters. The summed E-state index contributed by atoms with van der Waals surface area (Å²) in [6, 6.07) is -0.312. The Morgan fingerprint density at radius 2 is 2.33 bits per heavy atom. The number of carbonyl (C=O) groups excluding carboxylic acids is 2. The molecule has 0 aliphatic carbocycles. The van der Waals surface area contributed by atoms with E-state index in [9.17, 15) is 9.59 Å². The zero-order valence-electron chi connectivity index (χ0n) is 4.88. The van der Waals surface area contributed by atoms with Crippen LogP contribution in [0.4, 0.5) is 4.79 Å². The summed E-state index contributed by atoms with van der Waals surface area (Å²) in [6.07, 6.45) is 1.75. The first-order valence-electron chi connectivity index (χ1n) is 2.39. The Balaban J connectivity index is 2.58. The lowest BCUT2D eigenvalue weighted by Crippen LogP contribution is -2.22. The van der Waals surface area contributed by atoms with Gasteiger partial charge in [-0.2, -0.15) is 0 Å². The summed E-state index contributed by atoms with van der Waals surface area (Å²) in [5.74, 6) is -0.227. The molecule has 0 saturated carbocycles. The van der Waals surface area contributed by atoms with Gasteiger partial charge in [0.25, 0.3) is 0 Å². The zero-order valence-corrected chi connectivity index (χ0v) is 5.70. The van der Waals surface area contributed by atoms with E-state index in [4.69, 9.17) is 0 Å². The molecule has 1 saturated heterocycles. The summed E-state index contributed by atoms with van der Waals surface area (Å²) in [5.41, 5.74) is 0. The standard InChI is InChI=1S/C4H6N2O2S/c1-9-6-2-3(7)5-4(6)8/h2H2,1H3,(H,5,7,8). The van der Waals surface area contributed by atoms with E-state index in [2.05, 4.69) is 5.32 Å². The van der Waals surface area contributed by atoms with E-state index in [0.717, 1.165) is 0 Å². The minimum absolute atomic E-state index is 0.181. The normalized spacial score (nSPS) is 18.6. The number of urea groups is 1. The molecule has 1 aliphatic heterocycles. The van der Waals surface area contributed by atoms with Gasteiger partial charge in [0.15, 0.2) is 0 Å². The van der Waals surface area contributed by atoms with Gasteiger partial charge >= 0.3 is 6.03 Å². The molecular weight excluding hydrogens is 140 g/mol. The van der Waals surface area contributed by atoms with Gasteiger partial charge in [0.1, 0.15) is 6.54 Å². The Labute approximate surface area is 56.7 Å². The summed E-state index contributed by atoms with van der Waals surface area (Å²) in [7, 11) is 0. The molecule has 0 aromatic heterocycles. The van der Waals surface area contributed by atoms with Crippen molar-refractivity contribution in [3.05, 3.63) is 0 Å². The minimum atomic E-state index is -0.312. The van der Waals surface area contributed by atoms with Gasteiger partial charge in [-0.05, 0) is 11.9 Å². The van der Waals surface area contributed by atoms with E-state index in [0.29, 0.717) is 0 Å². The van der Waals surface area contributed by atoms with Crippen molar-refractivity contribution in [1.29, 1.82) is 0 Å². The summed E-state index contributed by atoms with van der Waals surface area (Å²) < 4.78 is 1.36. The highest BCUT2D eigenvalue weighted by atomic mass is 32.2. The van der Waals surface area contributed by atoms with Crippen LogP contribution in [0.25, 0.3) is 0 Å². The van der Waals surface area contributed by atoms with Crippen molar-refractivity contribution >= 4 is 23.9 Å². The molecule has 1 N–H and O–H groups in total. The fraction of sp³-hybridized carbons (Fsp3) is 0.500. The first-order valence-corrected chi connectivity index (χ1v) is 3.57. The largest absolute Gasteiger partial charge is 0.334 e. The third kappa shape index (κ3) is 1.16. The van der Waals surface area contributed by atoms with E-state index >= 15 is 0 Å². The highest BCUT2D eigenvalue weighted by Crippen LogP contribution is 2.08. The lowest BCUT2D eigenvalue weighted by Gasteiger charge is -2.05. The molecule has 5 heteroatoms. The number of imide groups is 1. The molecule has 0 radical (unpaired) electrons. The van der Waals surface area contributed by atoms with Crippen LogP contribution >= 0.6 is 11.9 Å². The van der Waals surface area contributed by atoms with Crippen LogP contribution in [0.1, 0.15) is 0 Å². The SMILES string of the molecule is CSN1CC(=O)NC1=O. The second-order valence-electron chi connectivity index (χ2n) is 1.57. The van der Waals surface area contributed by atoms with Gasteiger partial charge in [0.2, 0.25) is 5.91 Å². The fourth-order valence-corrected chi connectivity index (χ4v) is 1.03. The summed E-state index contributed by atoms with van der Waals surface area (Å²) in [5, 5.41) is 2.14. The first-order chi connectivity index (χ1) is 4.24. The predicted molar refractivity (Wildman–Crippen MR) is 33.8 cm³/mol. The molecule has 0 bridgehead atoms. The van der Waals surface area contributed by atoms with E-state index in [1.165, 1.54) is 16.3 Å². The Bertz CT molecular complexity index is 159. The molecule has 9 heavy (non-hydrogen) atoms. The number of nitrogens with zero attached hydrogens (tertiary/aromatic N) is 1. The number of amides is 3. The molecule has 0 atom stereocenters. The summed E-state index contributed by atoms with van der Waals surface area (Å²) in [4.78, 5) is 21.0. The predicted octanol–water partition coefficient (Wildman–Crippen LogP) is -0.184. The molecule has 1 heterocycles. The Morgan fingerprint density at radius 3 is 2.56 bits per heavy atom. The van der Waals surface area contributed by atoms with E-state index in [1.807, 2.05) is 0 Å². The third-order valence-corrected chi connectivity index (χ3v) is 1.72. The maximum Gasteiger partial charge on any atom is 0.334 e. The van der Waals surface area contributed by atoms with Crippen molar-refractivity contribution in [1.82, 2.24) is 9.62 Å². The molecule has 1 rings (SSSR count). The summed E-state index contributed by atoms with van der Waals surface area (Å²) >= 11 is 1.24. The van der Waals surface area contributed by atoms with Crippen molar-refractivity contribution in [3.63, 3.8) is 0 Å². The van der Waals surface area contributed by atoms with Crippen LogP contribution < -0.4 is 5.32 Å². The number of nitrogens with one attached hydrogen (secondary N) is 1. The van der Waals surface area contributed by atoms with Gasteiger partial charge in [0, 0.05) is 6.26 Å². The van der Waals surface area contributed by atoms with Crippen LogP contribution in [0.5, 0.6) is 0 Å². The van der Waals surface area contributed by atoms with Crippen LogP contribution in [0.2, 0.25) is 0 Å². The second kappa shape index (κ2) is 2.26. The maximum absolute atomic E-state index is 10.6. The Morgan fingerprint density at radius 1 is 1.67 bits per heavy atom. The molecule has 0 aromatic rings. The van der Waals surface area contributed by atoms with E-state index < -0.39 is 0 Å². The molecule has 3 amide bonds. The molecular formula is C4H6N2O2S. The van der Waals surface area contributed by atoms with Crippen molar-refractivity contribution in [2.75, 3.05) is 12.8 Å². The topological polar surface area (TPSA) is 49.4 Å². The Hall–Kier alpha value is -0.710. The second-order valence-corrected chi connectivity index (χ2v) is 2.38. The number of rotatable bonds is 1. The number of hydrogen-bond acceptors (Lipinski definition) is 3. The van der Waals surface area contributed by atoms with Crippen molar-refractivity contribution in [2.24, 2.45) is 0 Å². The Kier molecular flexibility index (Phi) is 1.61. The average Bonchev–Trinajstić information content (AvgIpc) is 2.10. The molecule has 1 aliphatic rings. The van der Waals surface area contributed by atoms with Crippen molar-refractivity contribution < 1.29 is 9.59 Å². The summed E-state index contributed by atoms with van der Waals surface area (Å²) in [6.45, 7) is 0.181. The van der Waals surface area contributed by atoms with Crippen LogP contribution in [0.15, 0.2) is 0 Å². The number of hydrogen-bond donors (Lipinski definition) is 1. The van der Waals surface area contributed by atoms with Crippen LogP contribution in [0, 0.1) is 0 Å². The fourth-order valence-electron chi connectivity index (χ4n) is 0.571. The van der Waals surface area contributed by atoms with E-state index in [1.54, 1.807) is 6.26 Å². The lowest BCUT2D eigenvalue weighted by molar-refractivity contribution is -0.118. The van der Waals surface area contributed by atoms with Gasteiger partial charge < -0.3 is 0 Å². The number of carbonyl (C=O) groups is 2. The monoisotopic (exact) mass is 146 g/mol. The third-order valence-electron chi connectivity index (χ3n) is 0.980. The van der Waals surface area contributed by atoms with Gasteiger partial charge in [0.05, 0.1) is 0 Å². The van der Waals surface area contributed by atoms with Crippen LogP contribution in [-0.4, -0.2) is 29.0 Å². The van der Waals surface area contributed by atoms with Crippen molar-refractivity contribution in [2.45, 2.75) is 0 Å². The van der Waals surface area contributed by atoms with E-state index in [-0.39, 0.29) is 18.5 Å². The smallest absolute Gasteiger partial charge is 0.276 e. The molecule has 50 valence electrons. The molecule has 4 nitrogen and oxygen atoms in total. The first kappa shape index (κ1) is 6.41. The molecule has 0 aromatic carbocycles. The average molecular weight is 146 g/mol. The van der Waals surface area contributed by atoms with Gasteiger partial charge in [-0.1, -0.05) is 0 Å². The molecule has 1 fully saturated rings. The minimum Gasteiger partial charge on any atom is -0.276 e. The highest BCUT2D eigenvalue weighted by molar-refractivity contribution is 7.96. The lowest BCUT2D eigenvalue weighted by atomic mass is 10.7. The van der Waals surface area contributed by atoms with Crippen LogP contribution in [0.3, 0.4) is 0 Å². The van der Waals surface area contributed by atoms with Gasteiger partial charge in [-0.15, -0.1) is 0 Å². The zero-order chi connectivity index (χ0) is 6.85. The quantitative estimate of drug-likeness (QED) is 0.412. The van der Waals surface area contributed by atoms with Crippen LogP contribution in [-0.2, 0) is 4.79 Å². The maximum atomic E-state index is 10.6. The molecule has 0 spiro atoms. The highest BCUT2D eigenvalue weighted by Gasteiger charge is 2.25. The van der Waals surface area contributed by atoms with Gasteiger partial charge in [-0.25, -0.2) is 4.79 Å².